The molecule has 9 rings (SSSR count). The Morgan fingerprint density at radius 2 is 1.48 bits per heavy atom. The number of ether oxygens (including phenoxy) is 3. The highest BCUT2D eigenvalue weighted by Crippen LogP contribution is 2.58. The summed E-state index contributed by atoms with van der Waals surface area (Å²) in [6.45, 7) is 4.69. The number of nitrogens with zero attached hydrogens (tertiary/aromatic N) is 5. The van der Waals surface area contributed by atoms with Crippen LogP contribution in [0.3, 0.4) is 0 Å². The van der Waals surface area contributed by atoms with E-state index in [9.17, 15) is 19.2 Å². The molecule has 16 heteroatoms. The SMILES string of the molecule is COCCC(NC(=O)OC)C(=O)N1C2CCC(C2)C1c1ncc(-c2ccc(-c3ccc4cc(-c5cnc(C6CC7(CC7)CN6C(=O)C(C(C)C)N(N)C(=O)OC)[nH]5)ccc4c3)cc2)[nH]1. The Morgan fingerprint density at radius 3 is 2.16 bits per heavy atom. The monoisotopic (exact) mass is 871 g/mol. The van der Waals surface area contributed by atoms with E-state index in [2.05, 4.69) is 75.9 Å². The number of methoxy groups -OCH3 is 3. The van der Waals surface area contributed by atoms with Crippen molar-refractivity contribution in [2.24, 2.45) is 23.1 Å². The number of imidazole rings is 2. The number of aromatic nitrogens is 4. The molecule has 2 aliphatic carbocycles. The van der Waals surface area contributed by atoms with Crippen LogP contribution < -0.4 is 11.2 Å². The topological polar surface area (TPSA) is 201 Å². The Bertz CT molecular complexity index is 2550. The number of carbonyl (C=O) groups is 4. The van der Waals surface area contributed by atoms with E-state index in [4.69, 9.17) is 30.0 Å². The second kappa shape index (κ2) is 17.4. The summed E-state index contributed by atoms with van der Waals surface area (Å²) >= 11 is 0. The number of alkyl carbamates (subject to hydrolysis) is 1. The maximum absolute atomic E-state index is 14.1. The Hall–Kier alpha value is -6.26. The minimum Gasteiger partial charge on any atom is -0.453 e. The summed E-state index contributed by atoms with van der Waals surface area (Å²) in [5.41, 5.74) is 5.94. The van der Waals surface area contributed by atoms with Gasteiger partial charge in [-0.1, -0.05) is 62.4 Å². The largest absolute Gasteiger partial charge is 0.453 e. The molecule has 4 amide bonds. The number of amides is 4. The van der Waals surface area contributed by atoms with E-state index in [1.54, 1.807) is 7.11 Å². The molecule has 2 saturated carbocycles. The third-order valence-electron chi connectivity index (χ3n) is 14.0. The molecule has 2 aromatic heterocycles. The smallest absolute Gasteiger partial charge is 0.424 e. The number of nitrogens with two attached hydrogens (primary N) is 1. The molecular formula is C48H57N9O7. The maximum atomic E-state index is 14.1. The first-order valence-corrected chi connectivity index (χ1v) is 22.2. The van der Waals surface area contributed by atoms with Gasteiger partial charge in [0, 0.05) is 38.3 Å². The molecule has 6 atom stereocenters. The van der Waals surface area contributed by atoms with Crippen molar-refractivity contribution in [2.75, 3.05) is 34.5 Å². The first-order chi connectivity index (χ1) is 30.9. The molecule has 2 saturated heterocycles. The van der Waals surface area contributed by atoms with Crippen molar-refractivity contribution >= 4 is 34.8 Å². The summed E-state index contributed by atoms with van der Waals surface area (Å²) in [6, 6.07) is 19.2. The first kappa shape index (κ1) is 43.0. The second-order valence-corrected chi connectivity index (χ2v) is 18.4. The third-order valence-corrected chi connectivity index (χ3v) is 14.0. The number of hydrazine groups is 1. The van der Waals surface area contributed by atoms with Gasteiger partial charge >= 0.3 is 12.2 Å². The summed E-state index contributed by atoms with van der Waals surface area (Å²) in [4.78, 5) is 73.0. The van der Waals surface area contributed by atoms with Gasteiger partial charge < -0.3 is 39.3 Å². The number of carbonyl (C=O) groups excluding carboxylic acids is 4. The number of benzene rings is 3. The molecule has 16 nitrogen and oxygen atoms in total. The highest BCUT2D eigenvalue weighted by atomic mass is 16.5. The zero-order valence-corrected chi connectivity index (χ0v) is 37.0. The summed E-state index contributed by atoms with van der Waals surface area (Å²) in [7, 11) is 4.12. The van der Waals surface area contributed by atoms with Gasteiger partial charge in [0.2, 0.25) is 11.8 Å². The van der Waals surface area contributed by atoms with Crippen LogP contribution in [0.2, 0.25) is 0 Å². The predicted octanol–water partition coefficient (Wildman–Crippen LogP) is 7.12. The van der Waals surface area contributed by atoms with Gasteiger partial charge in [-0.15, -0.1) is 0 Å². The van der Waals surface area contributed by atoms with E-state index < -0.39 is 24.3 Å². The predicted molar refractivity (Wildman–Crippen MR) is 239 cm³/mol. The standard InChI is InChI=1S/C48H57N9O7/c1-27(2)40(57(49)47(61)64-5)45(59)55-26-48(17-18-48)23-39(55)42-50-25-38(52-42)33-13-12-31-20-30(10-11-32(31)21-33)28-6-8-29(9-7-28)37-24-51-43(53-37)41-34-14-15-35(22-34)56(41)44(58)36(16-19-62-3)54-46(60)63-4/h6-13,20-21,24-25,27,34-36,39-41H,14-19,22-23,26,49H2,1-5H3,(H,50,52)(H,51,53)(H,54,60). The normalized spacial score (nSPS) is 21.7. The first-order valence-electron chi connectivity index (χ1n) is 22.2. The van der Waals surface area contributed by atoms with E-state index in [-0.39, 0.29) is 47.2 Å². The Balaban J connectivity index is 0.892. The molecule has 5 aromatic rings. The zero-order chi connectivity index (χ0) is 44.9. The van der Waals surface area contributed by atoms with Crippen molar-refractivity contribution in [1.29, 1.82) is 0 Å². The van der Waals surface area contributed by atoms with Crippen LogP contribution in [-0.2, 0) is 23.8 Å². The number of hydrogen-bond donors (Lipinski definition) is 4. The highest BCUT2D eigenvalue weighted by Gasteiger charge is 2.56. The number of fused-ring (bicyclic) bond motifs is 3. The van der Waals surface area contributed by atoms with Crippen LogP contribution in [0.15, 0.2) is 73.1 Å². The molecule has 2 aliphatic heterocycles. The van der Waals surface area contributed by atoms with E-state index in [0.29, 0.717) is 19.6 Å². The van der Waals surface area contributed by atoms with E-state index in [1.807, 2.05) is 36.0 Å². The average molecular weight is 872 g/mol. The molecule has 336 valence electrons. The minimum absolute atomic E-state index is 0.0751. The zero-order valence-electron chi connectivity index (χ0n) is 37.0. The summed E-state index contributed by atoms with van der Waals surface area (Å²) in [6.07, 6.45) is 8.39. The van der Waals surface area contributed by atoms with Gasteiger partial charge in [0.25, 0.3) is 0 Å². The number of nitrogens with one attached hydrogen (secondary N) is 3. The highest BCUT2D eigenvalue weighted by molar-refractivity contribution is 5.91. The Kier molecular flexibility index (Phi) is 11.7. The molecule has 64 heavy (non-hydrogen) atoms. The van der Waals surface area contributed by atoms with Crippen LogP contribution in [0.1, 0.15) is 82.5 Å². The molecule has 3 aromatic carbocycles. The van der Waals surface area contributed by atoms with E-state index in [0.717, 1.165) is 99.6 Å². The van der Waals surface area contributed by atoms with Gasteiger partial charge in [-0.2, -0.15) is 0 Å². The number of hydrogen-bond acceptors (Lipinski definition) is 10. The van der Waals surface area contributed by atoms with Crippen LogP contribution in [0.5, 0.6) is 0 Å². The number of rotatable bonds is 13. The van der Waals surface area contributed by atoms with Gasteiger partial charge in [0.15, 0.2) is 0 Å². The van der Waals surface area contributed by atoms with Crippen molar-refractivity contribution in [3.8, 4) is 33.6 Å². The molecule has 4 fully saturated rings. The maximum Gasteiger partial charge on any atom is 0.424 e. The Morgan fingerprint density at radius 1 is 0.844 bits per heavy atom. The lowest BCUT2D eigenvalue weighted by Crippen LogP contribution is -2.56. The summed E-state index contributed by atoms with van der Waals surface area (Å²) in [5.74, 6) is 7.33. The molecule has 6 unspecified atom stereocenters. The van der Waals surface area contributed by atoms with Gasteiger partial charge in [-0.05, 0) is 95.4 Å². The number of piperidine rings is 1. The lowest BCUT2D eigenvalue weighted by molar-refractivity contribution is -0.139. The minimum atomic E-state index is -0.861. The van der Waals surface area contributed by atoms with Crippen LogP contribution >= 0.6 is 0 Å². The molecule has 0 radical (unpaired) electrons. The fourth-order valence-electron chi connectivity index (χ4n) is 10.4. The van der Waals surface area contributed by atoms with Crippen molar-refractivity contribution in [1.82, 2.24) is 40.1 Å². The van der Waals surface area contributed by atoms with Crippen LogP contribution in [0.25, 0.3) is 44.4 Å². The Labute approximate surface area is 372 Å². The number of H-pyrrole nitrogens is 2. The van der Waals surface area contributed by atoms with Crippen LogP contribution in [0.4, 0.5) is 9.59 Å². The molecule has 5 N–H and O–H groups in total. The quantitative estimate of drug-likeness (QED) is 0.0536. The summed E-state index contributed by atoms with van der Waals surface area (Å²) < 4.78 is 14.9. The van der Waals surface area contributed by atoms with Crippen molar-refractivity contribution in [3.63, 3.8) is 0 Å². The van der Waals surface area contributed by atoms with Crippen LogP contribution in [0, 0.1) is 17.3 Å². The lowest BCUT2D eigenvalue weighted by atomic mass is 9.97. The van der Waals surface area contributed by atoms with E-state index >= 15 is 0 Å². The molecule has 4 aliphatic rings. The third kappa shape index (κ3) is 8.08. The van der Waals surface area contributed by atoms with Gasteiger partial charge in [0.05, 0.1) is 50.1 Å². The van der Waals surface area contributed by atoms with Gasteiger partial charge in [-0.3, -0.25) is 9.59 Å². The number of aromatic amines is 2. The molecule has 4 heterocycles. The fourth-order valence-corrected chi connectivity index (χ4v) is 10.4. The summed E-state index contributed by atoms with van der Waals surface area (Å²) in [5, 5.41) is 5.81. The molecule has 2 bridgehead atoms. The average Bonchev–Trinajstić information content (AvgIpc) is 3.94. The number of likely N-dealkylation sites (tertiary alicyclic amines) is 2. The van der Waals surface area contributed by atoms with Crippen molar-refractivity contribution in [3.05, 3.63) is 84.7 Å². The van der Waals surface area contributed by atoms with Crippen LogP contribution in [-0.4, -0.2) is 111 Å². The van der Waals surface area contributed by atoms with Crippen molar-refractivity contribution in [2.45, 2.75) is 89.0 Å². The van der Waals surface area contributed by atoms with E-state index in [1.165, 1.54) is 14.2 Å². The van der Waals surface area contributed by atoms with Crippen molar-refractivity contribution < 1.29 is 33.4 Å². The van der Waals surface area contributed by atoms with Gasteiger partial charge in [-0.25, -0.2) is 30.4 Å². The fraction of sp³-hybridized carbons (Fsp3) is 0.458. The second-order valence-electron chi connectivity index (χ2n) is 18.4. The molecule has 1 spiro atoms. The molecular weight excluding hydrogens is 815 g/mol. The lowest BCUT2D eigenvalue weighted by Gasteiger charge is -2.36. The van der Waals surface area contributed by atoms with Gasteiger partial charge in [0.1, 0.15) is 23.7 Å².